The van der Waals surface area contributed by atoms with Crippen LogP contribution < -0.4 is 5.32 Å². The third-order valence-corrected chi connectivity index (χ3v) is 6.68. The number of amides is 1. The summed E-state index contributed by atoms with van der Waals surface area (Å²) >= 11 is 7.51. The summed E-state index contributed by atoms with van der Waals surface area (Å²) < 4.78 is 16.3. The van der Waals surface area contributed by atoms with Gasteiger partial charge in [-0.2, -0.15) is 0 Å². The van der Waals surface area contributed by atoms with Gasteiger partial charge in [0.05, 0.1) is 10.8 Å². The van der Waals surface area contributed by atoms with E-state index in [4.69, 9.17) is 11.6 Å². The number of hydrogen-bond acceptors (Lipinski definition) is 5. The fraction of sp³-hybridized carbons (Fsp3) is 0.304. The summed E-state index contributed by atoms with van der Waals surface area (Å²) in [4.78, 5) is 24.1. The van der Waals surface area contributed by atoms with Crippen LogP contribution in [0.3, 0.4) is 0 Å². The number of rotatable bonds is 6. The number of halogens is 2. The van der Waals surface area contributed by atoms with Crippen molar-refractivity contribution in [1.82, 2.24) is 14.8 Å². The minimum Gasteiger partial charge on any atom is -0.325 e. The van der Waals surface area contributed by atoms with Crippen molar-refractivity contribution >= 4 is 40.7 Å². The Hall–Kier alpha value is -2.71. The number of aryl methyl sites for hydroxylation is 1. The summed E-state index contributed by atoms with van der Waals surface area (Å²) in [5.74, 6) is 0.674. The maximum absolute atomic E-state index is 14.2. The Kier molecular flexibility index (Phi) is 6.91. The van der Waals surface area contributed by atoms with Gasteiger partial charge in [-0.1, -0.05) is 24.1 Å². The normalized spacial score (nSPS) is 13.3. The van der Waals surface area contributed by atoms with Crippen LogP contribution in [0.1, 0.15) is 42.4 Å². The van der Waals surface area contributed by atoms with Crippen LogP contribution in [-0.2, 0) is 17.8 Å². The number of aromatic nitrogens is 3. The second kappa shape index (κ2) is 9.83. The topological polar surface area (TPSA) is 76.9 Å². The Morgan fingerprint density at radius 2 is 2.00 bits per heavy atom. The molecule has 0 fully saturated rings. The highest BCUT2D eigenvalue weighted by molar-refractivity contribution is 8.00. The zero-order chi connectivity index (χ0) is 22.7. The zero-order valence-corrected chi connectivity index (χ0v) is 19.1. The van der Waals surface area contributed by atoms with Gasteiger partial charge in [0, 0.05) is 34.7 Å². The second-order valence-electron chi connectivity index (χ2n) is 7.63. The Morgan fingerprint density at radius 3 is 2.78 bits per heavy atom. The average molecular weight is 473 g/mol. The molecule has 32 heavy (non-hydrogen) atoms. The molecular weight excluding hydrogens is 451 g/mol. The number of thioether (sulfide) groups is 1. The fourth-order valence-corrected chi connectivity index (χ4v) is 4.56. The molecule has 0 atom stereocenters. The van der Waals surface area contributed by atoms with Gasteiger partial charge in [0.15, 0.2) is 11.6 Å². The summed E-state index contributed by atoms with van der Waals surface area (Å²) in [6.07, 6.45) is 4.20. The lowest BCUT2D eigenvalue weighted by Crippen LogP contribution is -2.14. The van der Waals surface area contributed by atoms with Crippen molar-refractivity contribution in [2.75, 3.05) is 11.1 Å². The monoisotopic (exact) mass is 472 g/mol. The predicted octanol–water partition coefficient (Wildman–Crippen LogP) is 5.40. The van der Waals surface area contributed by atoms with Gasteiger partial charge in [0.1, 0.15) is 11.6 Å². The van der Waals surface area contributed by atoms with Gasteiger partial charge in [-0.3, -0.25) is 9.59 Å². The number of hydrogen-bond donors (Lipinski definition) is 1. The van der Waals surface area contributed by atoms with E-state index in [9.17, 15) is 14.0 Å². The third kappa shape index (κ3) is 5.02. The SMILES string of the molecule is CC(=O)c1ccc(SCC(=O)Nc2ccc(Cl)c(-c3nnc4n3CCCCC4)c2)c(F)c1. The fourth-order valence-electron chi connectivity index (χ4n) is 3.64. The average Bonchev–Trinajstić information content (AvgIpc) is 3.01. The van der Waals surface area contributed by atoms with Crippen LogP contribution in [0.2, 0.25) is 5.02 Å². The number of carbonyl (C=O) groups excluding carboxylic acids is 2. The van der Waals surface area contributed by atoms with E-state index < -0.39 is 5.82 Å². The Labute approximate surface area is 194 Å². The Balaban J connectivity index is 1.46. The van der Waals surface area contributed by atoms with Gasteiger partial charge in [0.2, 0.25) is 5.91 Å². The Morgan fingerprint density at radius 1 is 1.16 bits per heavy atom. The van der Waals surface area contributed by atoms with Crippen molar-refractivity contribution in [3.8, 4) is 11.4 Å². The summed E-state index contributed by atoms with van der Waals surface area (Å²) in [7, 11) is 0. The number of Topliss-reactive ketones (excluding diaryl/α,β-unsaturated/α-hetero) is 1. The van der Waals surface area contributed by atoms with Crippen LogP contribution in [-0.4, -0.2) is 32.2 Å². The number of ketones is 1. The van der Waals surface area contributed by atoms with E-state index in [1.54, 1.807) is 24.3 Å². The first-order valence-electron chi connectivity index (χ1n) is 10.4. The van der Waals surface area contributed by atoms with E-state index in [1.807, 2.05) is 0 Å². The number of nitrogens with one attached hydrogen (secondary N) is 1. The van der Waals surface area contributed by atoms with Crippen LogP contribution in [0.25, 0.3) is 11.4 Å². The molecule has 3 aromatic rings. The number of nitrogens with zero attached hydrogens (tertiary/aromatic N) is 3. The first-order valence-corrected chi connectivity index (χ1v) is 11.7. The molecule has 0 radical (unpaired) electrons. The molecule has 0 aliphatic carbocycles. The molecule has 0 unspecified atom stereocenters. The molecular formula is C23H22ClFN4O2S. The molecule has 0 spiro atoms. The van der Waals surface area contributed by atoms with Crippen LogP contribution in [0.15, 0.2) is 41.3 Å². The molecule has 1 aliphatic rings. The van der Waals surface area contributed by atoms with Crippen molar-refractivity contribution in [2.24, 2.45) is 0 Å². The third-order valence-electron chi connectivity index (χ3n) is 5.30. The van der Waals surface area contributed by atoms with E-state index in [2.05, 4.69) is 20.1 Å². The van der Waals surface area contributed by atoms with Gasteiger partial charge in [-0.15, -0.1) is 22.0 Å². The van der Waals surface area contributed by atoms with Crippen molar-refractivity contribution in [2.45, 2.75) is 44.0 Å². The van der Waals surface area contributed by atoms with Gasteiger partial charge < -0.3 is 9.88 Å². The second-order valence-corrected chi connectivity index (χ2v) is 9.06. The van der Waals surface area contributed by atoms with Crippen molar-refractivity contribution in [3.05, 3.63) is 58.6 Å². The number of carbonyl (C=O) groups is 2. The molecule has 4 rings (SSSR count). The van der Waals surface area contributed by atoms with Crippen molar-refractivity contribution in [1.29, 1.82) is 0 Å². The summed E-state index contributed by atoms with van der Waals surface area (Å²) in [5, 5.41) is 12.0. The molecule has 1 amide bonds. The lowest BCUT2D eigenvalue weighted by molar-refractivity contribution is -0.113. The first kappa shape index (κ1) is 22.5. The molecule has 0 bridgehead atoms. The van der Waals surface area contributed by atoms with Crippen LogP contribution >= 0.6 is 23.4 Å². The minimum absolute atomic E-state index is 0.0224. The summed E-state index contributed by atoms with van der Waals surface area (Å²) in [6.45, 7) is 2.22. The zero-order valence-electron chi connectivity index (χ0n) is 17.5. The molecule has 1 aliphatic heterocycles. The quantitative estimate of drug-likeness (QED) is 0.384. The van der Waals surface area contributed by atoms with Gasteiger partial charge in [-0.25, -0.2) is 4.39 Å². The highest BCUT2D eigenvalue weighted by atomic mass is 35.5. The molecule has 2 heterocycles. The standard InChI is InChI=1S/C23H22ClFN4O2S/c1-14(30)15-6-9-20(19(25)11-15)32-13-22(31)26-16-7-8-18(24)17(12-16)23-28-27-21-5-3-2-4-10-29(21)23/h6-9,11-12H,2-5,10,13H2,1H3,(H,26,31). The van der Waals surface area contributed by atoms with Crippen molar-refractivity contribution < 1.29 is 14.0 Å². The molecule has 166 valence electrons. The summed E-state index contributed by atoms with van der Waals surface area (Å²) in [5.41, 5.74) is 1.59. The van der Waals surface area contributed by atoms with Gasteiger partial charge in [0.25, 0.3) is 0 Å². The molecule has 6 nitrogen and oxygen atoms in total. The number of anilines is 1. The maximum atomic E-state index is 14.2. The highest BCUT2D eigenvalue weighted by Crippen LogP contribution is 2.31. The lowest BCUT2D eigenvalue weighted by atomic mass is 10.1. The molecule has 0 saturated carbocycles. The van der Waals surface area contributed by atoms with Crippen molar-refractivity contribution in [3.63, 3.8) is 0 Å². The first-order chi connectivity index (χ1) is 15.4. The minimum atomic E-state index is -0.517. The van der Waals surface area contributed by atoms with Crippen LogP contribution in [0.4, 0.5) is 10.1 Å². The predicted molar refractivity (Wildman–Crippen MR) is 124 cm³/mol. The molecule has 1 aromatic heterocycles. The number of benzene rings is 2. The van der Waals surface area contributed by atoms with Crippen LogP contribution in [0, 0.1) is 5.82 Å². The largest absolute Gasteiger partial charge is 0.325 e. The smallest absolute Gasteiger partial charge is 0.234 e. The number of fused-ring (bicyclic) bond motifs is 1. The van der Waals surface area contributed by atoms with Crippen LogP contribution in [0.5, 0.6) is 0 Å². The van der Waals surface area contributed by atoms with Gasteiger partial charge in [-0.05, 0) is 50.1 Å². The summed E-state index contributed by atoms with van der Waals surface area (Å²) in [6, 6.07) is 9.49. The highest BCUT2D eigenvalue weighted by Gasteiger charge is 2.19. The molecule has 0 saturated heterocycles. The van der Waals surface area contributed by atoms with E-state index in [0.29, 0.717) is 32.6 Å². The van der Waals surface area contributed by atoms with Gasteiger partial charge >= 0.3 is 0 Å². The van der Waals surface area contributed by atoms with E-state index in [1.165, 1.54) is 19.1 Å². The van der Waals surface area contributed by atoms with E-state index >= 15 is 0 Å². The molecule has 9 heteroatoms. The molecule has 1 N–H and O–H groups in total. The van der Waals surface area contributed by atoms with E-state index in [0.717, 1.165) is 49.8 Å². The van der Waals surface area contributed by atoms with E-state index in [-0.39, 0.29) is 17.4 Å². The Bertz CT molecular complexity index is 1180. The lowest BCUT2D eigenvalue weighted by Gasteiger charge is -2.11. The maximum Gasteiger partial charge on any atom is 0.234 e. The molecule has 2 aromatic carbocycles.